The van der Waals surface area contributed by atoms with Gasteiger partial charge in [0, 0.05) is 5.56 Å². The van der Waals surface area contributed by atoms with Crippen molar-refractivity contribution in [1.29, 1.82) is 0 Å². The van der Waals surface area contributed by atoms with Crippen LogP contribution < -0.4 is 10.6 Å². The standard InChI is InChI=1S/C19H17F3N2O2S/c1-11-7-9-12(10-8-11)15-14(16(25)13-5-3-2-4-6-13)18(26,19(20,21)22)24-17(27)23-15/h2-10,14-15,26H,1H3,(H2,23,24,27)/t14-,15+,18+/m1/s1. The molecule has 0 amide bonds. The van der Waals surface area contributed by atoms with E-state index in [9.17, 15) is 23.1 Å². The van der Waals surface area contributed by atoms with Gasteiger partial charge < -0.3 is 15.7 Å². The zero-order valence-corrected chi connectivity index (χ0v) is 15.1. The molecule has 142 valence electrons. The molecule has 27 heavy (non-hydrogen) atoms. The van der Waals surface area contributed by atoms with E-state index in [0.717, 1.165) is 5.56 Å². The first-order chi connectivity index (χ1) is 12.6. The first kappa shape index (κ1) is 19.3. The third kappa shape index (κ3) is 3.54. The Labute approximate surface area is 159 Å². The van der Waals surface area contributed by atoms with E-state index >= 15 is 0 Å². The first-order valence-electron chi connectivity index (χ1n) is 8.17. The maximum atomic E-state index is 13.8. The van der Waals surface area contributed by atoms with Crippen LogP contribution in [0.5, 0.6) is 0 Å². The minimum atomic E-state index is -5.13. The fourth-order valence-electron chi connectivity index (χ4n) is 3.17. The van der Waals surface area contributed by atoms with Crippen molar-refractivity contribution in [2.75, 3.05) is 0 Å². The summed E-state index contributed by atoms with van der Waals surface area (Å²) in [6.07, 6.45) is -5.13. The number of benzene rings is 2. The smallest absolute Gasteiger partial charge is 0.363 e. The average Bonchev–Trinajstić information content (AvgIpc) is 2.61. The summed E-state index contributed by atoms with van der Waals surface area (Å²) in [5, 5.41) is 14.8. The van der Waals surface area contributed by atoms with Gasteiger partial charge in [-0.3, -0.25) is 4.79 Å². The van der Waals surface area contributed by atoms with Gasteiger partial charge in [-0.05, 0) is 24.7 Å². The van der Waals surface area contributed by atoms with Crippen molar-refractivity contribution < 1.29 is 23.1 Å². The summed E-state index contributed by atoms with van der Waals surface area (Å²) in [5.41, 5.74) is -2.11. The first-order valence-corrected chi connectivity index (χ1v) is 8.58. The van der Waals surface area contributed by atoms with Gasteiger partial charge >= 0.3 is 6.18 Å². The predicted octanol–water partition coefficient (Wildman–Crippen LogP) is 3.26. The molecule has 0 aliphatic carbocycles. The number of carbonyl (C=O) groups is 1. The number of Topliss-reactive ketones (excluding diaryl/α,β-unsaturated/α-hetero) is 1. The molecule has 0 bridgehead atoms. The van der Waals surface area contributed by atoms with Gasteiger partial charge in [-0.2, -0.15) is 13.2 Å². The highest BCUT2D eigenvalue weighted by molar-refractivity contribution is 7.80. The summed E-state index contributed by atoms with van der Waals surface area (Å²) in [5.74, 6) is -2.72. The second kappa shape index (κ2) is 6.94. The summed E-state index contributed by atoms with van der Waals surface area (Å²) in [6.45, 7) is 1.84. The van der Waals surface area contributed by atoms with E-state index in [-0.39, 0.29) is 10.7 Å². The second-order valence-corrected chi connectivity index (χ2v) is 6.87. The summed E-state index contributed by atoms with van der Waals surface area (Å²) < 4.78 is 41.5. The van der Waals surface area contributed by atoms with E-state index in [1.165, 1.54) is 12.1 Å². The van der Waals surface area contributed by atoms with Gasteiger partial charge in [0.05, 0.1) is 6.04 Å². The molecular weight excluding hydrogens is 377 g/mol. The topological polar surface area (TPSA) is 61.4 Å². The monoisotopic (exact) mass is 394 g/mol. The van der Waals surface area contributed by atoms with Crippen molar-refractivity contribution in [3.63, 3.8) is 0 Å². The van der Waals surface area contributed by atoms with E-state index in [2.05, 4.69) is 5.32 Å². The number of hydrogen-bond acceptors (Lipinski definition) is 3. The summed E-state index contributed by atoms with van der Waals surface area (Å²) in [7, 11) is 0. The van der Waals surface area contributed by atoms with Gasteiger partial charge in [0.1, 0.15) is 5.92 Å². The number of aliphatic hydroxyl groups is 1. The number of nitrogens with one attached hydrogen (secondary N) is 2. The maximum absolute atomic E-state index is 13.8. The molecule has 0 aromatic heterocycles. The Morgan fingerprint density at radius 3 is 2.26 bits per heavy atom. The average molecular weight is 394 g/mol. The van der Waals surface area contributed by atoms with E-state index in [4.69, 9.17) is 12.2 Å². The summed E-state index contributed by atoms with van der Waals surface area (Å²) >= 11 is 4.89. The van der Waals surface area contributed by atoms with Crippen LogP contribution in [-0.2, 0) is 0 Å². The lowest BCUT2D eigenvalue weighted by molar-refractivity contribution is -0.285. The van der Waals surface area contributed by atoms with Crippen LogP contribution >= 0.6 is 12.2 Å². The molecule has 2 aromatic rings. The molecule has 3 atom stereocenters. The van der Waals surface area contributed by atoms with Crippen LogP contribution in [0, 0.1) is 12.8 Å². The van der Waals surface area contributed by atoms with Crippen molar-refractivity contribution in [2.24, 2.45) is 5.92 Å². The Balaban J connectivity index is 2.15. The Morgan fingerprint density at radius 1 is 1.11 bits per heavy atom. The molecular formula is C19H17F3N2O2S. The minimum absolute atomic E-state index is 0.0682. The van der Waals surface area contributed by atoms with Crippen LogP contribution in [0.25, 0.3) is 0 Å². The van der Waals surface area contributed by atoms with Crippen LogP contribution in [0.3, 0.4) is 0 Å². The molecule has 8 heteroatoms. The van der Waals surface area contributed by atoms with Crippen LogP contribution in [0.2, 0.25) is 0 Å². The van der Waals surface area contributed by atoms with Crippen LogP contribution in [0.15, 0.2) is 54.6 Å². The molecule has 4 nitrogen and oxygen atoms in total. The Morgan fingerprint density at radius 2 is 1.70 bits per heavy atom. The predicted molar refractivity (Wildman–Crippen MR) is 98.1 cm³/mol. The normalized spacial score (nSPS) is 25.4. The van der Waals surface area contributed by atoms with Gasteiger partial charge in [-0.1, -0.05) is 60.2 Å². The van der Waals surface area contributed by atoms with E-state index in [1.54, 1.807) is 42.5 Å². The lowest BCUT2D eigenvalue weighted by Crippen LogP contribution is -2.72. The van der Waals surface area contributed by atoms with Crippen molar-refractivity contribution in [2.45, 2.75) is 24.9 Å². The number of hydrogen-bond donors (Lipinski definition) is 3. The Bertz CT molecular complexity index is 856. The molecule has 3 rings (SSSR count). The Kier molecular flexibility index (Phi) is 4.96. The molecule has 0 saturated carbocycles. The fourth-order valence-corrected chi connectivity index (χ4v) is 3.46. The number of alkyl halides is 3. The molecule has 2 aromatic carbocycles. The largest absolute Gasteiger partial charge is 0.437 e. The number of halogens is 3. The third-order valence-electron chi connectivity index (χ3n) is 4.58. The number of carbonyl (C=O) groups excluding carboxylic acids is 1. The van der Waals surface area contributed by atoms with Crippen molar-refractivity contribution in [3.8, 4) is 0 Å². The quantitative estimate of drug-likeness (QED) is 0.551. The highest BCUT2D eigenvalue weighted by atomic mass is 32.1. The molecule has 1 fully saturated rings. The number of ketones is 1. The van der Waals surface area contributed by atoms with Crippen LogP contribution in [0.1, 0.15) is 27.5 Å². The minimum Gasteiger partial charge on any atom is -0.363 e. The molecule has 3 N–H and O–H groups in total. The number of aryl methyl sites for hydroxylation is 1. The molecule has 1 aliphatic heterocycles. The number of thiocarbonyl (C=S) groups is 1. The van der Waals surface area contributed by atoms with Crippen molar-refractivity contribution in [3.05, 3.63) is 71.3 Å². The third-order valence-corrected chi connectivity index (χ3v) is 4.80. The summed E-state index contributed by atoms with van der Waals surface area (Å²) in [6, 6.07) is 13.1. The molecule has 1 heterocycles. The fraction of sp³-hybridized carbons (Fsp3) is 0.263. The zero-order chi connectivity index (χ0) is 19.8. The molecule has 0 unspecified atom stereocenters. The second-order valence-electron chi connectivity index (χ2n) is 6.46. The van der Waals surface area contributed by atoms with Gasteiger partial charge in [-0.25, -0.2) is 0 Å². The SMILES string of the molecule is Cc1ccc([C@@H]2NC(=S)N[C@@](O)(C(F)(F)F)[C@H]2C(=O)c2ccccc2)cc1. The molecule has 0 radical (unpaired) electrons. The highest BCUT2D eigenvalue weighted by Crippen LogP contribution is 2.43. The maximum Gasteiger partial charge on any atom is 0.437 e. The van der Waals surface area contributed by atoms with Crippen molar-refractivity contribution >= 4 is 23.1 Å². The lowest BCUT2D eigenvalue weighted by atomic mass is 9.77. The van der Waals surface area contributed by atoms with Crippen molar-refractivity contribution in [1.82, 2.24) is 10.6 Å². The van der Waals surface area contributed by atoms with E-state index < -0.39 is 29.6 Å². The van der Waals surface area contributed by atoms with E-state index in [1.807, 2.05) is 12.2 Å². The Hall–Kier alpha value is -2.45. The van der Waals surface area contributed by atoms with Crippen LogP contribution in [-0.4, -0.2) is 27.9 Å². The number of rotatable bonds is 3. The van der Waals surface area contributed by atoms with Gasteiger partial charge in [0.25, 0.3) is 0 Å². The van der Waals surface area contributed by atoms with Crippen LogP contribution in [0.4, 0.5) is 13.2 Å². The molecule has 0 spiro atoms. The highest BCUT2D eigenvalue weighted by Gasteiger charge is 2.65. The van der Waals surface area contributed by atoms with Gasteiger partial charge in [0.2, 0.25) is 5.72 Å². The summed E-state index contributed by atoms with van der Waals surface area (Å²) in [4.78, 5) is 13.0. The van der Waals surface area contributed by atoms with E-state index in [0.29, 0.717) is 5.56 Å². The molecule has 1 saturated heterocycles. The molecule has 1 aliphatic rings. The van der Waals surface area contributed by atoms with Gasteiger partial charge in [0.15, 0.2) is 10.9 Å². The van der Waals surface area contributed by atoms with Gasteiger partial charge in [-0.15, -0.1) is 0 Å². The lowest BCUT2D eigenvalue weighted by Gasteiger charge is -2.46. The zero-order valence-electron chi connectivity index (χ0n) is 14.2.